The van der Waals surface area contributed by atoms with Crippen molar-refractivity contribution < 1.29 is 0 Å². The Labute approximate surface area is 339 Å². The summed E-state index contributed by atoms with van der Waals surface area (Å²) >= 11 is 0. The van der Waals surface area contributed by atoms with Gasteiger partial charge in [0, 0.05) is 33.8 Å². The van der Waals surface area contributed by atoms with E-state index in [2.05, 4.69) is 226 Å². The molecule has 0 N–H and O–H groups in total. The van der Waals surface area contributed by atoms with Gasteiger partial charge in [0.15, 0.2) is 0 Å². The molecular formula is C55H52N2. The molecule has 0 amide bonds. The summed E-state index contributed by atoms with van der Waals surface area (Å²) in [5, 5.41) is 2.53. The zero-order valence-electron chi connectivity index (χ0n) is 33.9. The Kier molecular flexibility index (Phi) is 9.45. The summed E-state index contributed by atoms with van der Waals surface area (Å²) in [6, 6.07) is 53.3. The van der Waals surface area contributed by atoms with Crippen LogP contribution in [0.2, 0.25) is 0 Å². The Morgan fingerprint density at radius 2 is 1.23 bits per heavy atom. The van der Waals surface area contributed by atoms with Gasteiger partial charge in [0.05, 0.1) is 5.69 Å². The van der Waals surface area contributed by atoms with Gasteiger partial charge in [-0.2, -0.15) is 0 Å². The highest BCUT2D eigenvalue weighted by Crippen LogP contribution is 2.55. The monoisotopic (exact) mass is 740 g/mol. The van der Waals surface area contributed by atoms with Gasteiger partial charge in [0.2, 0.25) is 0 Å². The van der Waals surface area contributed by atoms with Crippen LogP contribution in [-0.4, -0.2) is 0 Å². The number of para-hydroxylation sites is 2. The van der Waals surface area contributed by atoms with Crippen LogP contribution < -0.4 is 9.80 Å². The molecule has 2 heteroatoms. The predicted molar refractivity (Wildman–Crippen MR) is 244 cm³/mol. The van der Waals surface area contributed by atoms with Crippen molar-refractivity contribution in [3.63, 3.8) is 0 Å². The Morgan fingerprint density at radius 3 is 1.91 bits per heavy atom. The lowest BCUT2D eigenvalue weighted by atomic mass is 9.73. The molecule has 0 aliphatic heterocycles. The second kappa shape index (κ2) is 14.8. The third-order valence-electron chi connectivity index (χ3n) is 12.4. The number of fused-ring (bicyclic) bond motifs is 4. The zero-order valence-corrected chi connectivity index (χ0v) is 33.9. The lowest BCUT2D eigenvalue weighted by Crippen LogP contribution is -2.29. The van der Waals surface area contributed by atoms with Gasteiger partial charge in [-0.3, -0.25) is 0 Å². The van der Waals surface area contributed by atoms with Crippen LogP contribution in [-0.2, 0) is 10.8 Å². The van der Waals surface area contributed by atoms with Crippen molar-refractivity contribution in [3.05, 3.63) is 215 Å². The van der Waals surface area contributed by atoms with Gasteiger partial charge in [-0.1, -0.05) is 162 Å². The van der Waals surface area contributed by atoms with Crippen LogP contribution in [0.15, 0.2) is 193 Å². The lowest BCUT2D eigenvalue weighted by Gasteiger charge is -2.36. The molecule has 0 spiro atoms. The molecule has 1 atom stereocenters. The number of rotatable bonds is 8. The van der Waals surface area contributed by atoms with Crippen molar-refractivity contribution in [2.45, 2.75) is 64.7 Å². The minimum absolute atomic E-state index is 0.0227. The lowest BCUT2D eigenvalue weighted by molar-refractivity contribution is 0.406. The fourth-order valence-electron chi connectivity index (χ4n) is 9.19. The van der Waals surface area contributed by atoms with Crippen LogP contribution in [0.5, 0.6) is 0 Å². The maximum atomic E-state index is 2.52. The standard InChI is InChI=1S/C55H52N2/c1-54(2,3)42-28-32-46(33-29-42)57(53-22-14-16-41-15-12-13-21-48(41)53)47-34-36-50-49-35-27-40(37-51(49)55(4,5)52(50)38-47)24-23-39-25-30-45(31-26-39)56(43-17-8-6-9-18-43)44-19-10-7-11-20-44/h6-25,27-30,32-37,52H,26,31,38H2,1-5H3/b24-23+. The van der Waals surface area contributed by atoms with E-state index in [4.69, 9.17) is 0 Å². The van der Waals surface area contributed by atoms with Crippen molar-refractivity contribution >= 4 is 45.2 Å². The highest BCUT2D eigenvalue weighted by molar-refractivity contribution is 5.97. The Balaban J connectivity index is 1.00. The number of benzene rings is 6. The van der Waals surface area contributed by atoms with Crippen LogP contribution in [0.25, 0.3) is 22.4 Å². The summed E-state index contributed by atoms with van der Waals surface area (Å²) in [5.41, 5.74) is 15.8. The molecule has 1 unspecified atom stereocenters. The van der Waals surface area contributed by atoms with E-state index in [1.165, 1.54) is 78.3 Å². The topological polar surface area (TPSA) is 6.48 Å². The molecule has 0 saturated heterocycles. The van der Waals surface area contributed by atoms with E-state index in [0.717, 1.165) is 19.3 Å². The molecule has 2 nitrogen and oxygen atoms in total. The third-order valence-corrected chi connectivity index (χ3v) is 12.4. The third kappa shape index (κ3) is 6.99. The van der Waals surface area contributed by atoms with Gasteiger partial charge < -0.3 is 9.80 Å². The average molecular weight is 741 g/mol. The minimum atomic E-state index is -0.0227. The van der Waals surface area contributed by atoms with Crippen molar-refractivity contribution in [3.8, 4) is 0 Å². The molecule has 282 valence electrons. The van der Waals surface area contributed by atoms with Crippen molar-refractivity contribution in [2.24, 2.45) is 5.92 Å². The number of hydrogen-bond donors (Lipinski definition) is 0. The molecule has 6 aromatic carbocycles. The predicted octanol–water partition coefficient (Wildman–Crippen LogP) is 15.0. The van der Waals surface area contributed by atoms with E-state index >= 15 is 0 Å². The van der Waals surface area contributed by atoms with Crippen LogP contribution in [0.1, 0.15) is 76.1 Å². The van der Waals surface area contributed by atoms with Gasteiger partial charge >= 0.3 is 0 Å². The van der Waals surface area contributed by atoms with Crippen LogP contribution in [0.3, 0.4) is 0 Å². The molecule has 0 fully saturated rings. The molecule has 0 bridgehead atoms. The van der Waals surface area contributed by atoms with E-state index in [1.807, 2.05) is 0 Å². The fourth-order valence-corrected chi connectivity index (χ4v) is 9.19. The highest BCUT2D eigenvalue weighted by Gasteiger charge is 2.44. The molecule has 0 saturated carbocycles. The summed E-state index contributed by atoms with van der Waals surface area (Å²) in [4.78, 5) is 4.91. The molecule has 9 rings (SSSR count). The molecule has 3 aliphatic carbocycles. The van der Waals surface area contributed by atoms with E-state index in [9.17, 15) is 0 Å². The van der Waals surface area contributed by atoms with Crippen LogP contribution >= 0.6 is 0 Å². The van der Waals surface area contributed by atoms with Crippen molar-refractivity contribution in [2.75, 3.05) is 9.80 Å². The van der Waals surface area contributed by atoms with Gasteiger partial charge in [0.25, 0.3) is 0 Å². The van der Waals surface area contributed by atoms with Gasteiger partial charge in [-0.15, -0.1) is 0 Å². The number of nitrogens with zero attached hydrogens (tertiary/aromatic N) is 2. The number of anilines is 4. The van der Waals surface area contributed by atoms with Crippen molar-refractivity contribution in [1.82, 2.24) is 0 Å². The Bertz CT molecular complexity index is 2550. The first-order valence-electron chi connectivity index (χ1n) is 20.6. The first-order valence-corrected chi connectivity index (χ1v) is 20.6. The molecule has 0 heterocycles. The van der Waals surface area contributed by atoms with Crippen LogP contribution in [0.4, 0.5) is 22.7 Å². The van der Waals surface area contributed by atoms with E-state index in [-0.39, 0.29) is 10.8 Å². The molecule has 3 aliphatic rings. The minimum Gasteiger partial charge on any atom is -0.314 e. The first kappa shape index (κ1) is 36.5. The largest absolute Gasteiger partial charge is 0.314 e. The molecule has 0 radical (unpaired) electrons. The molecular weight excluding hydrogens is 689 g/mol. The van der Waals surface area contributed by atoms with Crippen molar-refractivity contribution in [1.29, 1.82) is 0 Å². The van der Waals surface area contributed by atoms with E-state index in [1.54, 1.807) is 0 Å². The Morgan fingerprint density at radius 1 is 0.579 bits per heavy atom. The quantitative estimate of drug-likeness (QED) is 0.153. The Hall–Kier alpha value is -6.12. The SMILES string of the molecule is CC(C)(C)c1ccc(N(C2=CC=C3c4ccc(/C=C/C5=CC=C(N(c6ccccc6)c6ccccc6)CC5)cc4C(C)(C)C3C2)c2cccc3ccccc23)cc1. The first-order chi connectivity index (χ1) is 27.6. The van der Waals surface area contributed by atoms with Gasteiger partial charge in [-0.25, -0.2) is 0 Å². The molecule has 0 aromatic heterocycles. The summed E-state index contributed by atoms with van der Waals surface area (Å²) < 4.78 is 0. The van der Waals surface area contributed by atoms with Gasteiger partial charge in [0.1, 0.15) is 0 Å². The number of hydrogen-bond acceptors (Lipinski definition) is 2. The zero-order chi connectivity index (χ0) is 39.1. The van der Waals surface area contributed by atoms with E-state index < -0.39 is 0 Å². The normalized spacial score (nSPS) is 17.3. The molecule has 57 heavy (non-hydrogen) atoms. The maximum Gasteiger partial charge on any atom is 0.0536 e. The second-order valence-electron chi connectivity index (χ2n) is 17.4. The summed E-state index contributed by atoms with van der Waals surface area (Å²) in [6.45, 7) is 11.8. The average Bonchev–Trinajstić information content (AvgIpc) is 3.46. The van der Waals surface area contributed by atoms with Gasteiger partial charge in [-0.05, 0) is 129 Å². The van der Waals surface area contributed by atoms with E-state index in [0.29, 0.717) is 5.92 Å². The molecule has 6 aromatic rings. The van der Waals surface area contributed by atoms with Crippen LogP contribution in [0, 0.1) is 5.92 Å². The summed E-state index contributed by atoms with van der Waals surface area (Å²) in [6.07, 6.45) is 17.0. The number of allylic oxidation sites excluding steroid dienone is 9. The highest BCUT2D eigenvalue weighted by atomic mass is 15.2. The smallest absolute Gasteiger partial charge is 0.0536 e. The summed E-state index contributed by atoms with van der Waals surface area (Å²) in [5.74, 6) is 0.375. The summed E-state index contributed by atoms with van der Waals surface area (Å²) in [7, 11) is 0. The second-order valence-corrected chi connectivity index (χ2v) is 17.4. The maximum absolute atomic E-state index is 2.52. The fraction of sp³-hybridized carbons (Fsp3) is 0.200.